The first-order valence-corrected chi connectivity index (χ1v) is 9.87. The van der Waals surface area contributed by atoms with Gasteiger partial charge in [0.15, 0.2) is 5.82 Å². The lowest BCUT2D eigenvalue weighted by molar-refractivity contribution is -0.138. The van der Waals surface area contributed by atoms with Gasteiger partial charge in [0.2, 0.25) is 5.91 Å². The number of carbonyl (C=O) groups is 1. The summed E-state index contributed by atoms with van der Waals surface area (Å²) < 4.78 is 46.7. The molecule has 162 valence electrons. The Morgan fingerprint density at radius 3 is 2.61 bits per heavy atom. The van der Waals surface area contributed by atoms with E-state index in [-0.39, 0.29) is 12.5 Å². The maximum Gasteiger partial charge on any atom is 0.416 e. The van der Waals surface area contributed by atoms with E-state index in [9.17, 15) is 18.0 Å². The van der Waals surface area contributed by atoms with Crippen molar-refractivity contribution in [2.75, 3.05) is 13.2 Å². The molecule has 1 aliphatic rings. The SMILES string of the molecule is O=C(NCc1ccc(-n2cccn2)nc1)C1(c2cccc(C(F)(F)F)c2)CCOCC1. The van der Waals surface area contributed by atoms with E-state index < -0.39 is 17.2 Å². The molecule has 1 amide bonds. The van der Waals surface area contributed by atoms with Gasteiger partial charge in [0, 0.05) is 38.3 Å². The molecular weight excluding hydrogens is 409 g/mol. The van der Waals surface area contributed by atoms with Crippen molar-refractivity contribution in [2.24, 2.45) is 0 Å². The number of rotatable bonds is 5. The molecule has 4 rings (SSSR count). The van der Waals surface area contributed by atoms with Crippen LogP contribution in [-0.4, -0.2) is 33.9 Å². The first-order chi connectivity index (χ1) is 14.9. The highest BCUT2D eigenvalue weighted by Gasteiger charge is 2.43. The van der Waals surface area contributed by atoms with Crippen molar-refractivity contribution < 1.29 is 22.7 Å². The second kappa shape index (κ2) is 8.50. The number of halogens is 3. The summed E-state index contributed by atoms with van der Waals surface area (Å²) in [6.45, 7) is 0.834. The Kier molecular flexibility index (Phi) is 5.77. The van der Waals surface area contributed by atoms with Gasteiger partial charge in [-0.05, 0) is 42.2 Å². The molecule has 1 aliphatic heterocycles. The minimum Gasteiger partial charge on any atom is -0.381 e. The average molecular weight is 430 g/mol. The Labute approximate surface area is 177 Å². The molecule has 2 aromatic heterocycles. The van der Waals surface area contributed by atoms with Crippen LogP contribution in [0.4, 0.5) is 13.2 Å². The van der Waals surface area contributed by atoms with Gasteiger partial charge >= 0.3 is 6.18 Å². The Morgan fingerprint density at radius 1 is 1.16 bits per heavy atom. The number of benzene rings is 1. The van der Waals surface area contributed by atoms with Crippen LogP contribution in [0.25, 0.3) is 5.82 Å². The molecule has 3 heterocycles. The number of carbonyl (C=O) groups excluding carboxylic acids is 1. The fourth-order valence-corrected chi connectivity index (χ4v) is 3.77. The van der Waals surface area contributed by atoms with Gasteiger partial charge in [-0.2, -0.15) is 18.3 Å². The van der Waals surface area contributed by atoms with Crippen LogP contribution in [0.3, 0.4) is 0 Å². The van der Waals surface area contributed by atoms with E-state index in [1.807, 2.05) is 6.07 Å². The Bertz CT molecular complexity index is 1030. The third-order valence-corrected chi connectivity index (χ3v) is 5.52. The standard InChI is InChI=1S/C22H21F3N4O2/c23-22(24,25)18-4-1-3-17(13-18)21(7-11-31-12-8-21)20(30)27-15-16-5-6-19(26-14-16)29-10-2-9-28-29/h1-6,9-10,13-14H,7-8,11-12,15H2,(H,27,30). The van der Waals surface area contributed by atoms with Crippen molar-refractivity contribution in [1.82, 2.24) is 20.1 Å². The summed E-state index contributed by atoms with van der Waals surface area (Å²) in [7, 11) is 0. The van der Waals surface area contributed by atoms with Crippen LogP contribution in [0.1, 0.15) is 29.5 Å². The van der Waals surface area contributed by atoms with Crippen molar-refractivity contribution in [2.45, 2.75) is 31.0 Å². The van der Waals surface area contributed by atoms with E-state index in [1.54, 1.807) is 41.5 Å². The van der Waals surface area contributed by atoms with Crippen molar-refractivity contribution >= 4 is 5.91 Å². The van der Waals surface area contributed by atoms with E-state index in [1.165, 1.54) is 6.07 Å². The summed E-state index contributed by atoms with van der Waals surface area (Å²) >= 11 is 0. The molecule has 0 saturated carbocycles. The van der Waals surface area contributed by atoms with E-state index in [2.05, 4.69) is 15.4 Å². The minimum atomic E-state index is -4.47. The molecule has 0 unspecified atom stereocenters. The van der Waals surface area contributed by atoms with Gasteiger partial charge in [0.25, 0.3) is 0 Å². The van der Waals surface area contributed by atoms with Gasteiger partial charge in [0.1, 0.15) is 0 Å². The topological polar surface area (TPSA) is 69.0 Å². The summed E-state index contributed by atoms with van der Waals surface area (Å²) in [5, 5.41) is 6.99. The van der Waals surface area contributed by atoms with Crippen LogP contribution in [0.15, 0.2) is 61.1 Å². The lowest BCUT2D eigenvalue weighted by atomic mass is 9.73. The smallest absolute Gasteiger partial charge is 0.381 e. The summed E-state index contributed by atoms with van der Waals surface area (Å²) in [4.78, 5) is 17.6. The lowest BCUT2D eigenvalue weighted by Crippen LogP contribution is -2.48. The van der Waals surface area contributed by atoms with Crippen LogP contribution in [0.5, 0.6) is 0 Å². The Hall–Kier alpha value is -3.20. The highest BCUT2D eigenvalue weighted by Crippen LogP contribution is 2.38. The molecule has 0 bridgehead atoms. The van der Waals surface area contributed by atoms with Gasteiger partial charge in [-0.25, -0.2) is 9.67 Å². The number of aromatic nitrogens is 3. The van der Waals surface area contributed by atoms with Crippen LogP contribution < -0.4 is 5.32 Å². The Morgan fingerprint density at radius 2 is 1.97 bits per heavy atom. The quantitative estimate of drug-likeness (QED) is 0.671. The molecule has 0 radical (unpaired) electrons. The number of pyridine rings is 1. The average Bonchev–Trinajstić information content (AvgIpc) is 3.33. The predicted molar refractivity (Wildman–Crippen MR) is 106 cm³/mol. The molecule has 3 aromatic rings. The van der Waals surface area contributed by atoms with Crippen molar-refractivity contribution in [3.05, 3.63) is 77.7 Å². The maximum absolute atomic E-state index is 13.2. The second-order valence-electron chi connectivity index (χ2n) is 7.43. The number of amides is 1. The highest BCUT2D eigenvalue weighted by atomic mass is 19.4. The van der Waals surface area contributed by atoms with Crippen molar-refractivity contribution in [3.63, 3.8) is 0 Å². The van der Waals surface area contributed by atoms with E-state index >= 15 is 0 Å². The molecule has 0 spiro atoms. The molecule has 1 aromatic carbocycles. The van der Waals surface area contributed by atoms with Gasteiger partial charge in [0.05, 0.1) is 11.0 Å². The third-order valence-electron chi connectivity index (χ3n) is 5.52. The Balaban J connectivity index is 1.52. The van der Waals surface area contributed by atoms with Crippen molar-refractivity contribution in [3.8, 4) is 5.82 Å². The van der Waals surface area contributed by atoms with Crippen LogP contribution in [0, 0.1) is 0 Å². The zero-order valence-electron chi connectivity index (χ0n) is 16.6. The predicted octanol–water partition coefficient (Wildman–Crippen LogP) is 3.65. The van der Waals surface area contributed by atoms with Crippen LogP contribution in [-0.2, 0) is 27.7 Å². The monoisotopic (exact) mass is 430 g/mol. The number of alkyl halides is 3. The molecule has 1 saturated heterocycles. The summed E-state index contributed by atoms with van der Waals surface area (Å²) in [5.41, 5.74) is -0.699. The number of ether oxygens (including phenoxy) is 1. The number of hydrogen-bond donors (Lipinski definition) is 1. The fraction of sp³-hybridized carbons (Fsp3) is 0.318. The molecule has 1 fully saturated rings. The molecule has 1 N–H and O–H groups in total. The van der Waals surface area contributed by atoms with Gasteiger partial charge in [-0.3, -0.25) is 4.79 Å². The zero-order chi connectivity index (χ0) is 21.9. The van der Waals surface area contributed by atoms with Gasteiger partial charge in [-0.15, -0.1) is 0 Å². The first-order valence-electron chi connectivity index (χ1n) is 9.87. The lowest BCUT2D eigenvalue weighted by Gasteiger charge is -2.36. The number of hydrogen-bond acceptors (Lipinski definition) is 4. The summed E-state index contributed by atoms with van der Waals surface area (Å²) in [6.07, 6.45) is 1.22. The molecule has 0 aliphatic carbocycles. The van der Waals surface area contributed by atoms with Gasteiger partial charge < -0.3 is 10.1 Å². The van der Waals surface area contributed by atoms with Crippen LogP contribution >= 0.6 is 0 Å². The second-order valence-corrected chi connectivity index (χ2v) is 7.43. The molecular formula is C22H21F3N4O2. The minimum absolute atomic E-state index is 0.215. The maximum atomic E-state index is 13.2. The third kappa shape index (κ3) is 4.46. The molecule has 9 heteroatoms. The highest BCUT2D eigenvalue weighted by molar-refractivity contribution is 5.88. The van der Waals surface area contributed by atoms with Crippen LogP contribution in [0.2, 0.25) is 0 Å². The molecule has 31 heavy (non-hydrogen) atoms. The summed E-state index contributed by atoms with van der Waals surface area (Å²) in [5.74, 6) is 0.330. The first kappa shape index (κ1) is 21.0. The van der Waals surface area contributed by atoms with E-state index in [0.29, 0.717) is 37.4 Å². The fourth-order valence-electron chi connectivity index (χ4n) is 3.77. The normalized spacial score (nSPS) is 16.1. The van der Waals surface area contributed by atoms with Crippen molar-refractivity contribution in [1.29, 1.82) is 0 Å². The summed E-state index contributed by atoms with van der Waals surface area (Å²) in [6, 6.07) is 10.4. The number of nitrogens with one attached hydrogen (secondary N) is 1. The number of nitrogens with zero attached hydrogens (tertiary/aromatic N) is 3. The molecule has 6 nitrogen and oxygen atoms in total. The van der Waals surface area contributed by atoms with Gasteiger partial charge in [-0.1, -0.05) is 24.3 Å². The largest absolute Gasteiger partial charge is 0.416 e. The zero-order valence-corrected chi connectivity index (χ0v) is 16.6. The van der Waals surface area contributed by atoms with E-state index in [4.69, 9.17) is 4.74 Å². The molecule has 0 atom stereocenters. The van der Waals surface area contributed by atoms with E-state index in [0.717, 1.165) is 17.7 Å².